The lowest BCUT2D eigenvalue weighted by atomic mass is 10.1. The van der Waals surface area contributed by atoms with Gasteiger partial charge in [-0.3, -0.25) is 0 Å². The van der Waals surface area contributed by atoms with Crippen LogP contribution in [0, 0.1) is 0 Å². The van der Waals surface area contributed by atoms with Crippen LogP contribution in [-0.2, 0) is 7.05 Å². The van der Waals surface area contributed by atoms with Gasteiger partial charge in [0, 0.05) is 30.5 Å². The van der Waals surface area contributed by atoms with Crippen molar-refractivity contribution in [3.63, 3.8) is 0 Å². The molecule has 2 aromatic rings. The Labute approximate surface area is 116 Å². The van der Waals surface area contributed by atoms with Gasteiger partial charge in [-0.05, 0) is 24.6 Å². The van der Waals surface area contributed by atoms with Gasteiger partial charge in [-0.2, -0.15) is 0 Å². The van der Waals surface area contributed by atoms with Gasteiger partial charge in [0.05, 0.1) is 5.25 Å². The topological polar surface area (TPSA) is 43.8 Å². The summed E-state index contributed by atoms with van der Waals surface area (Å²) >= 11 is 7.70. The first-order valence-electron chi connectivity index (χ1n) is 5.73. The van der Waals surface area contributed by atoms with Crippen LogP contribution in [0.25, 0.3) is 0 Å². The lowest BCUT2D eigenvalue weighted by Crippen LogP contribution is -2.22. The van der Waals surface area contributed by atoms with E-state index in [0.717, 1.165) is 15.7 Å². The monoisotopic (exact) mass is 281 g/mol. The van der Waals surface area contributed by atoms with E-state index in [1.54, 1.807) is 18.0 Å². The molecule has 2 unspecified atom stereocenters. The van der Waals surface area contributed by atoms with E-state index in [0.29, 0.717) is 0 Å². The third kappa shape index (κ3) is 3.07. The van der Waals surface area contributed by atoms with Crippen molar-refractivity contribution in [1.82, 2.24) is 9.55 Å². The minimum absolute atomic E-state index is 0.0187. The molecule has 0 aliphatic rings. The zero-order valence-corrected chi connectivity index (χ0v) is 11.9. The normalized spacial score (nSPS) is 14.4. The van der Waals surface area contributed by atoms with Crippen molar-refractivity contribution in [3.8, 4) is 0 Å². The van der Waals surface area contributed by atoms with Gasteiger partial charge in [0.2, 0.25) is 0 Å². The third-order valence-electron chi connectivity index (χ3n) is 2.66. The summed E-state index contributed by atoms with van der Waals surface area (Å²) in [6.07, 6.45) is 3.72. The number of aromatic nitrogens is 2. The van der Waals surface area contributed by atoms with Crippen molar-refractivity contribution in [2.75, 3.05) is 0 Å². The van der Waals surface area contributed by atoms with Crippen LogP contribution >= 0.6 is 23.4 Å². The number of hydrogen-bond donors (Lipinski definition) is 1. The zero-order valence-electron chi connectivity index (χ0n) is 10.4. The van der Waals surface area contributed by atoms with Crippen molar-refractivity contribution < 1.29 is 0 Å². The number of hydrogen-bond acceptors (Lipinski definition) is 3. The quantitative estimate of drug-likeness (QED) is 0.875. The number of nitrogens with two attached hydrogens (primary N) is 1. The Morgan fingerprint density at radius 2 is 2.22 bits per heavy atom. The van der Waals surface area contributed by atoms with E-state index in [4.69, 9.17) is 17.3 Å². The Morgan fingerprint density at radius 1 is 1.44 bits per heavy atom. The molecule has 0 aliphatic carbocycles. The molecular formula is C13H16ClN3S. The zero-order chi connectivity index (χ0) is 13.1. The average Bonchev–Trinajstić information content (AvgIpc) is 2.71. The van der Waals surface area contributed by atoms with Crippen LogP contribution in [-0.4, -0.2) is 15.6 Å². The molecule has 3 nitrogen and oxygen atoms in total. The fraction of sp³-hybridized carbons (Fsp3) is 0.308. The van der Waals surface area contributed by atoms with Crippen LogP contribution < -0.4 is 5.73 Å². The molecule has 1 aromatic heterocycles. The molecule has 2 rings (SSSR count). The van der Waals surface area contributed by atoms with Crippen molar-refractivity contribution in [3.05, 3.63) is 47.2 Å². The fourth-order valence-electron chi connectivity index (χ4n) is 1.74. The summed E-state index contributed by atoms with van der Waals surface area (Å²) in [5, 5.41) is 1.83. The highest BCUT2D eigenvalue weighted by Crippen LogP contribution is 2.36. The summed E-state index contributed by atoms with van der Waals surface area (Å²) in [4.78, 5) is 4.32. The lowest BCUT2D eigenvalue weighted by molar-refractivity contribution is 0.710. The molecular weight excluding hydrogens is 266 g/mol. The van der Waals surface area contributed by atoms with Gasteiger partial charge < -0.3 is 10.3 Å². The largest absolute Gasteiger partial charge is 0.329 e. The van der Waals surface area contributed by atoms with Crippen molar-refractivity contribution in [2.45, 2.75) is 23.4 Å². The molecule has 1 aromatic carbocycles. The Balaban J connectivity index is 2.27. The summed E-state index contributed by atoms with van der Waals surface area (Å²) in [7, 11) is 1.98. The minimum atomic E-state index is 0.0187. The van der Waals surface area contributed by atoms with E-state index < -0.39 is 0 Å². The standard InChI is InChI=1S/C13H16ClN3S/c1-9(15)12(10-4-3-5-11(14)8-10)18-13-16-6-7-17(13)2/h3-9,12H,15H2,1-2H3. The van der Waals surface area contributed by atoms with E-state index in [9.17, 15) is 0 Å². The summed E-state index contributed by atoms with van der Waals surface area (Å²) < 4.78 is 1.99. The first-order chi connectivity index (χ1) is 8.58. The maximum Gasteiger partial charge on any atom is 0.168 e. The van der Waals surface area contributed by atoms with Gasteiger partial charge in [-0.1, -0.05) is 35.5 Å². The maximum absolute atomic E-state index is 6.08. The van der Waals surface area contributed by atoms with Crippen molar-refractivity contribution >= 4 is 23.4 Å². The van der Waals surface area contributed by atoms with Crippen molar-refractivity contribution in [2.24, 2.45) is 12.8 Å². The summed E-state index contributed by atoms with van der Waals surface area (Å²) in [5.74, 6) is 0. The average molecular weight is 282 g/mol. The smallest absolute Gasteiger partial charge is 0.168 e. The molecule has 0 bridgehead atoms. The van der Waals surface area contributed by atoms with Crippen LogP contribution in [0.2, 0.25) is 5.02 Å². The minimum Gasteiger partial charge on any atom is -0.329 e. The van der Waals surface area contributed by atoms with E-state index in [1.165, 1.54) is 0 Å². The molecule has 2 N–H and O–H groups in total. The Hall–Kier alpha value is -0.970. The molecule has 2 atom stereocenters. The molecule has 0 saturated carbocycles. The molecule has 18 heavy (non-hydrogen) atoms. The Kier molecular flexibility index (Phi) is 4.32. The number of thioether (sulfide) groups is 1. The molecule has 0 radical (unpaired) electrons. The van der Waals surface area contributed by atoms with E-state index in [2.05, 4.69) is 11.1 Å². The second-order valence-corrected chi connectivity index (χ2v) is 5.82. The first kappa shape index (κ1) is 13.5. The SMILES string of the molecule is CC(N)C(Sc1nccn1C)c1cccc(Cl)c1. The molecule has 0 amide bonds. The van der Waals surface area contributed by atoms with Crippen LogP contribution in [0.15, 0.2) is 41.8 Å². The predicted octanol–water partition coefficient (Wildman–Crippen LogP) is 3.25. The highest BCUT2D eigenvalue weighted by Gasteiger charge is 2.19. The van der Waals surface area contributed by atoms with Gasteiger partial charge in [0.1, 0.15) is 0 Å². The summed E-state index contributed by atoms with van der Waals surface area (Å²) in [6.45, 7) is 2.00. The van der Waals surface area contributed by atoms with E-state index >= 15 is 0 Å². The fourth-order valence-corrected chi connectivity index (χ4v) is 3.01. The van der Waals surface area contributed by atoms with Gasteiger partial charge in [-0.15, -0.1) is 0 Å². The highest BCUT2D eigenvalue weighted by atomic mass is 35.5. The van der Waals surface area contributed by atoms with Gasteiger partial charge in [0.25, 0.3) is 0 Å². The van der Waals surface area contributed by atoms with Crippen LogP contribution in [0.5, 0.6) is 0 Å². The van der Waals surface area contributed by atoms with E-state index in [1.807, 2.05) is 42.9 Å². The number of benzene rings is 1. The van der Waals surface area contributed by atoms with E-state index in [-0.39, 0.29) is 11.3 Å². The molecule has 0 fully saturated rings. The number of nitrogens with zero attached hydrogens (tertiary/aromatic N) is 2. The van der Waals surface area contributed by atoms with Gasteiger partial charge in [-0.25, -0.2) is 4.98 Å². The molecule has 96 valence electrons. The summed E-state index contributed by atoms with van der Waals surface area (Å²) in [5.41, 5.74) is 7.21. The molecule has 1 heterocycles. The number of imidazole rings is 1. The van der Waals surface area contributed by atoms with Crippen molar-refractivity contribution in [1.29, 1.82) is 0 Å². The molecule has 5 heteroatoms. The van der Waals surface area contributed by atoms with Gasteiger partial charge in [0.15, 0.2) is 5.16 Å². The van der Waals surface area contributed by atoms with Crippen LogP contribution in [0.3, 0.4) is 0 Å². The predicted molar refractivity (Wildman–Crippen MR) is 76.9 cm³/mol. The maximum atomic E-state index is 6.08. The number of halogens is 1. The Morgan fingerprint density at radius 3 is 2.78 bits per heavy atom. The first-order valence-corrected chi connectivity index (χ1v) is 6.98. The van der Waals surface area contributed by atoms with Crippen LogP contribution in [0.1, 0.15) is 17.7 Å². The molecule has 0 aliphatic heterocycles. The number of aryl methyl sites for hydroxylation is 1. The highest BCUT2D eigenvalue weighted by molar-refractivity contribution is 7.99. The second kappa shape index (κ2) is 5.78. The lowest BCUT2D eigenvalue weighted by Gasteiger charge is -2.20. The second-order valence-electron chi connectivity index (χ2n) is 4.27. The summed E-state index contributed by atoms with van der Waals surface area (Å²) in [6, 6.07) is 7.85. The third-order valence-corrected chi connectivity index (χ3v) is 4.46. The van der Waals surface area contributed by atoms with Gasteiger partial charge >= 0.3 is 0 Å². The number of rotatable bonds is 4. The van der Waals surface area contributed by atoms with Crippen LogP contribution in [0.4, 0.5) is 0 Å². The Bertz CT molecular complexity index is 524. The molecule has 0 spiro atoms. The molecule has 0 saturated heterocycles.